The monoisotopic (exact) mass is 346 g/mol. The minimum atomic E-state index is -0.969. The maximum atomic E-state index is 13.1. The third-order valence-corrected chi connectivity index (χ3v) is 4.68. The third kappa shape index (κ3) is 4.14. The Morgan fingerprint density at radius 3 is 2.71 bits per heavy atom. The second-order valence-electron chi connectivity index (χ2n) is 5.46. The Hall–Kier alpha value is -2.34. The zero-order chi connectivity index (χ0) is 16.9. The molecule has 1 amide bonds. The van der Waals surface area contributed by atoms with Gasteiger partial charge in [0.05, 0.1) is 15.2 Å². The molecule has 0 aliphatic carbocycles. The van der Waals surface area contributed by atoms with Crippen LogP contribution in [0.15, 0.2) is 42.5 Å². The minimum Gasteiger partial charge on any atom is -0.326 e. The van der Waals surface area contributed by atoms with Gasteiger partial charge in [-0.3, -0.25) is 4.79 Å². The number of unbranched alkanes of at least 4 members (excludes halogenated alkanes) is 1. The van der Waals surface area contributed by atoms with Crippen LogP contribution in [0.1, 0.15) is 24.3 Å². The standard InChI is InChI=1S/C18H16F2N2OS/c19-13-10-9-12(11-14(13)20)21-17(23)7-3-4-8-18-22-15-5-1-2-6-16(15)24-18/h1-2,5-6,9-11H,3-4,7-8H2,(H,21,23). The van der Waals surface area contributed by atoms with Gasteiger partial charge in [0.2, 0.25) is 5.91 Å². The Balaban J connectivity index is 1.44. The minimum absolute atomic E-state index is 0.203. The van der Waals surface area contributed by atoms with Crippen LogP contribution < -0.4 is 5.32 Å². The fraction of sp³-hybridized carbons (Fsp3) is 0.222. The first-order chi connectivity index (χ1) is 11.6. The van der Waals surface area contributed by atoms with Gasteiger partial charge in [-0.05, 0) is 43.5 Å². The molecule has 0 saturated heterocycles. The van der Waals surface area contributed by atoms with Gasteiger partial charge in [0.15, 0.2) is 11.6 Å². The molecule has 3 nitrogen and oxygen atoms in total. The maximum absolute atomic E-state index is 13.1. The summed E-state index contributed by atoms with van der Waals surface area (Å²) in [5.74, 6) is -2.10. The molecule has 1 N–H and O–H groups in total. The molecule has 1 aromatic heterocycles. The number of aryl methyl sites for hydroxylation is 1. The van der Waals surface area contributed by atoms with Crippen LogP contribution in [0.4, 0.5) is 14.5 Å². The Morgan fingerprint density at radius 2 is 1.92 bits per heavy atom. The van der Waals surface area contributed by atoms with E-state index in [0.29, 0.717) is 12.8 Å². The van der Waals surface area contributed by atoms with E-state index in [9.17, 15) is 13.6 Å². The number of anilines is 1. The Labute approximate surface area is 142 Å². The normalized spacial score (nSPS) is 10.9. The third-order valence-electron chi connectivity index (χ3n) is 3.59. The highest BCUT2D eigenvalue weighted by molar-refractivity contribution is 7.18. The number of thiazole rings is 1. The lowest BCUT2D eigenvalue weighted by Crippen LogP contribution is -2.11. The number of carbonyl (C=O) groups is 1. The number of fused-ring (bicyclic) bond motifs is 1. The molecule has 1 heterocycles. The number of benzene rings is 2. The zero-order valence-electron chi connectivity index (χ0n) is 12.9. The molecule has 0 fully saturated rings. The second-order valence-corrected chi connectivity index (χ2v) is 6.57. The van der Waals surface area contributed by atoms with Crippen LogP contribution in [-0.4, -0.2) is 10.9 Å². The van der Waals surface area contributed by atoms with Crippen molar-refractivity contribution in [1.29, 1.82) is 0 Å². The van der Waals surface area contributed by atoms with E-state index >= 15 is 0 Å². The van der Waals surface area contributed by atoms with Gasteiger partial charge in [-0.1, -0.05) is 12.1 Å². The zero-order valence-corrected chi connectivity index (χ0v) is 13.7. The van der Waals surface area contributed by atoms with Gasteiger partial charge in [-0.25, -0.2) is 13.8 Å². The highest BCUT2D eigenvalue weighted by Crippen LogP contribution is 2.23. The van der Waals surface area contributed by atoms with Gasteiger partial charge < -0.3 is 5.32 Å². The van der Waals surface area contributed by atoms with E-state index in [1.165, 1.54) is 10.8 Å². The van der Waals surface area contributed by atoms with Gasteiger partial charge in [0, 0.05) is 18.2 Å². The second kappa shape index (κ2) is 7.49. The molecular weight excluding hydrogens is 330 g/mol. The van der Waals surface area contributed by atoms with Crippen LogP contribution in [-0.2, 0) is 11.2 Å². The fourth-order valence-corrected chi connectivity index (χ4v) is 3.40. The van der Waals surface area contributed by atoms with Crippen molar-refractivity contribution < 1.29 is 13.6 Å². The summed E-state index contributed by atoms with van der Waals surface area (Å²) in [7, 11) is 0. The first-order valence-corrected chi connectivity index (χ1v) is 8.53. The van der Waals surface area contributed by atoms with E-state index < -0.39 is 11.6 Å². The number of nitrogens with one attached hydrogen (secondary N) is 1. The van der Waals surface area contributed by atoms with Gasteiger partial charge in [0.1, 0.15) is 0 Å². The molecule has 0 aliphatic rings. The summed E-state index contributed by atoms with van der Waals surface area (Å²) in [6, 6.07) is 11.3. The van der Waals surface area contributed by atoms with E-state index in [-0.39, 0.29) is 11.6 Å². The summed E-state index contributed by atoms with van der Waals surface area (Å²) >= 11 is 1.67. The molecule has 0 spiro atoms. The van der Waals surface area contributed by atoms with Crippen molar-refractivity contribution in [3.63, 3.8) is 0 Å². The predicted octanol–water partition coefficient (Wildman–Crippen LogP) is 4.93. The average Bonchev–Trinajstić information content (AvgIpc) is 2.98. The van der Waals surface area contributed by atoms with Crippen molar-refractivity contribution in [3.05, 3.63) is 59.1 Å². The van der Waals surface area contributed by atoms with Crippen molar-refractivity contribution in [2.24, 2.45) is 0 Å². The van der Waals surface area contributed by atoms with Crippen molar-refractivity contribution >= 4 is 33.1 Å². The van der Waals surface area contributed by atoms with Crippen LogP contribution in [0.2, 0.25) is 0 Å². The fourth-order valence-electron chi connectivity index (χ4n) is 2.39. The topological polar surface area (TPSA) is 42.0 Å². The summed E-state index contributed by atoms with van der Waals surface area (Å²) < 4.78 is 27.1. The van der Waals surface area contributed by atoms with Gasteiger partial charge >= 0.3 is 0 Å². The van der Waals surface area contributed by atoms with Crippen LogP contribution in [0, 0.1) is 11.6 Å². The van der Waals surface area contributed by atoms with E-state index in [4.69, 9.17) is 0 Å². The van der Waals surface area contributed by atoms with Crippen molar-refractivity contribution in [3.8, 4) is 0 Å². The van der Waals surface area contributed by atoms with Gasteiger partial charge in [-0.2, -0.15) is 0 Å². The molecule has 0 radical (unpaired) electrons. The summed E-state index contributed by atoms with van der Waals surface area (Å²) in [4.78, 5) is 16.4. The number of amides is 1. The number of aromatic nitrogens is 1. The number of halogens is 2. The van der Waals surface area contributed by atoms with Crippen LogP contribution >= 0.6 is 11.3 Å². The number of nitrogens with zero attached hydrogens (tertiary/aromatic N) is 1. The van der Waals surface area contributed by atoms with Gasteiger partial charge in [0.25, 0.3) is 0 Å². The molecule has 0 unspecified atom stereocenters. The summed E-state index contributed by atoms with van der Waals surface area (Å²) in [6.07, 6.45) is 2.73. The molecule has 3 rings (SSSR count). The number of carbonyl (C=O) groups excluding carboxylic acids is 1. The summed E-state index contributed by atoms with van der Waals surface area (Å²) in [5.41, 5.74) is 1.28. The van der Waals surface area contributed by atoms with E-state index in [1.807, 2.05) is 24.3 Å². The predicted molar refractivity (Wildman–Crippen MR) is 92.2 cm³/mol. The molecule has 3 aromatic rings. The van der Waals surface area contributed by atoms with Crippen LogP contribution in [0.25, 0.3) is 10.2 Å². The van der Waals surface area contributed by atoms with Crippen molar-refractivity contribution in [1.82, 2.24) is 4.98 Å². The quantitative estimate of drug-likeness (QED) is 0.643. The summed E-state index contributed by atoms with van der Waals surface area (Å²) in [6.45, 7) is 0. The van der Waals surface area contributed by atoms with E-state index in [0.717, 1.165) is 35.5 Å². The molecular formula is C18H16F2N2OS. The van der Waals surface area contributed by atoms with Crippen molar-refractivity contribution in [2.75, 3.05) is 5.32 Å². The highest BCUT2D eigenvalue weighted by atomic mass is 32.1. The lowest BCUT2D eigenvalue weighted by Gasteiger charge is -2.05. The van der Waals surface area contributed by atoms with Gasteiger partial charge in [-0.15, -0.1) is 11.3 Å². The average molecular weight is 346 g/mol. The molecule has 6 heteroatoms. The first-order valence-electron chi connectivity index (χ1n) is 7.71. The molecule has 124 valence electrons. The summed E-state index contributed by atoms with van der Waals surface area (Å²) in [5, 5.41) is 3.64. The lowest BCUT2D eigenvalue weighted by atomic mass is 10.2. The Kier molecular flexibility index (Phi) is 5.15. The van der Waals surface area contributed by atoms with Crippen molar-refractivity contribution in [2.45, 2.75) is 25.7 Å². The number of para-hydroxylation sites is 1. The molecule has 0 atom stereocenters. The number of hydrogen-bond acceptors (Lipinski definition) is 3. The SMILES string of the molecule is O=C(CCCCc1nc2ccccc2s1)Nc1ccc(F)c(F)c1. The number of hydrogen-bond donors (Lipinski definition) is 1. The van der Waals surface area contributed by atoms with Crippen LogP contribution in [0.3, 0.4) is 0 Å². The van der Waals surface area contributed by atoms with Crippen LogP contribution in [0.5, 0.6) is 0 Å². The smallest absolute Gasteiger partial charge is 0.224 e. The lowest BCUT2D eigenvalue weighted by molar-refractivity contribution is -0.116. The molecule has 0 aliphatic heterocycles. The molecule has 24 heavy (non-hydrogen) atoms. The largest absolute Gasteiger partial charge is 0.326 e. The first kappa shape index (κ1) is 16.5. The maximum Gasteiger partial charge on any atom is 0.224 e. The number of rotatable bonds is 6. The highest BCUT2D eigenvalue weighted by Gasteiger charge is 2.07. The Bertz CT molecular complexity index is 830. The molecule has 0 bridgehead atoms. The van der Waals surface area contributed by atoms with E-state index in [1.54, 1.807) is 11.3 Å². The molecule has 2 aromatic carbocycles. The Morgan fingerprint density at radius 1 is 1.08 bits per heavy atom. The molecule has 0 saturated carbocycles. The van der Waals surface area contributed by atoms with E-state index in [2.05, 4.69) is 10.3 Å².